The minimum atomic E-state index is -0.388. The van der Waals surface area contributed by atoms with Gasteiger partial charge in [0.25, 0.3) is 0 Å². The minimum absolute atomic E-state index is 0.103. The first kappa shape index (κ1) is 20.5. The molecule has 1 unspecified atom stereocenters. The fourth-order valence-electron chi connectivity index (χ4n) is 4.26. The zero-order valence-electron chi connectivity index (χ0n) is 18.0. The van der Waals surface area contributed by atoms with Crippen LogP contribution < -0.4 is 14.8 Å². The largest absolute Gasteiger partial charge is 0.454 e. The Kier molecular flexibility index (Phi) is 5.79. The summed E-state index contributed by atoms with van der Waals surface area (Å²) in [7, 11) is 0. The number of nitrogens with one attached hydrogen (secondary N) is 1. The predicted octanol–water partition coefficient (Wildman–Crippen LogP) is 3.21. The van der Waals surface area contributed by atoms with Gasteiger partial charge >= 0.3 is 0 Å². The Morgan fingerprint density at radius 2 is 1.81 bits per heavy atom. The third kappa shape index (κ3) is 4.46. The maximum Gasteiger partial charge on any atom is 0.247 e. The van der Waals surface area contributed by atoms with Gasteiger partial charge in [0, 0.05) is 38.8 Å². The molecule has 2 aliphatic heterocycles. The van der Waals surface area contributed by atoms with Gasteiger partial charge in [-0.05, 0) is 30.2 Å². The number of carbonyl (C=O) groups excluding carboxylic acids is 1. The maximum absolute atomic E-state index is 13.2. The second-order valence-corrected chi connectivity index (χ2v) is 8.13. The van der Waals surface area contributed by atoms with E-state index in [0.29, 0.717) is 11.6 Å². The summed E-state index contributed by atoms with van der Waals surface area (Å²) in [5.74, 6) is 2.61. The summed E-state index contributed by atoms with van der Waals surface area (Å²) in [5.41, 5.74) is 2.16. The fraction of sp³-hybridized carbons (Fsp3) is 0.333. The van der Waals surface area contributed by atoms with Crippen LogP contribution in [0.5, 0.6) is 11.5 Å². The van der Waals surface area contributed by atoms with Gasteiger partial charge in [-0.3, -0.25) is 14.6 Å². The Balaban J connectivity index is 1.25. The second-order valence-electron chi connectivity index (χ2n) is 8.13. The van der Waals surface area contributed by atoms with Crippen LogP contribution in [0.1, 0.15) is 22.9 Å². The normalized spacial score (nSPS) is 17.3. The molecule has 1 atom stereocenters. The maximum atomic E-state index is 13.2. The van der Waals surface area contributed by atoms with Crippen molar-refractivity contribution in [3.63, 3.8) is 0 Å². The van der Waals surface area contributed by atoms with Crippen LogP contribution in [0.2, 0.25) is 0 Å². The van der Waals surface area contributed by atoms with Gasteiger partial charge in [-0.1, -0.05) is 41.6 Å². The molecule has 5 rings (SSSR count). The van der Waals surface area contributed by atoms with E-state index in [4.69, 9.17) is 14.0 Å². The highest BCUT2D eigenvalue weighted by atomic mass is 16.7. The molecule has 3 heterocycles. The number of nitrogens with zero attached hydrogens (tertiary/aromatic N) is 3. The molecule has 0 spiro atoms. The van der Waals surface area contributed by atoms with E-state index in [1.807, 2.05) is 36.4 Å². The smallest absolute Gasteiger partial charge is 0.247 e. The molecular formula is C24H26N4O4. The monoisotopic (exact) mass is 434 g/mol. The van der Waals surface area contributed by atoms with Crippen molar-refractivity contribution in [3.8, 4) is 11.5 Å². The third-order valence-corrected chi connectivity index (χ3v) is 5.86. The lowest BCUT2D eigenvalue weighted by molar-refractivity contribution is -0.122. The highest BCUT2D eigenvalue weighted by molar-refractivity contribution is 5.94. The number of carbonyl (C=O) groups is 1. The first-order valence-corrected chi connectivity index (χ1v) is 10.8. The van der Waals surface area contributed by atoms with Crippen molar-refractivity contribution in [1.29, 1.82) is 0 Å². The lowest BCUT2D eigenvalue weighted by atomic mass is 10.0. The van der Waals surface area contributed by atoms with Crippen molar-refractivity contribution in [1.82, 2.24) is 15.0 Å². The molecule has 1 amide bonds. The number of amides is 1. The van der Waals surface area contributed by atoms with Crippen LogP contribution >= 0.6 is 0 Å². The van der Waals surface area contributed by atoms with E-state index in [9.17, 15) is 4.79 Å². The van der Waals surface area contributed by atoms with Crippen LogP contribution in [0.15, 0.2) is 59.1 Å². The highest BCUT2D eigenvalue weighted by Crippen LogP contribution is 2.33. The van der Waals surface area contributed by atoms with Crippen LogP contribution in [0, 0.1) is 6.92 Å². The highest BCUT2D eigenvalue weighted by Gasteiger charge is 2.31. The van der Waals surface area contributed by atoms with Crippen LogP contribution in [-0.2, 0) is 11.3 Å². The predicted molar refractivity (Wildman–Crippen MR) is 118 cm³/mol. The molecule has 8 nitrogen and oxygen atoms in total. The lowest BCUT2D eigenvalue weighted by Crippen LogP contribution is -2.49. The average molecular weight is 434 g/mol. The van der Waals surface area contributed by atoms with Crippen molar-refractivity contribution >= 4 is 11.7 Å². The topological polar surface area (TPSA) is 80.1 Å². The van der Waals surface area contributed by atoms with Gasteiger partial charge < -0.3 is 19.3 Å². The zero-order chi connectivity index (χ0) is 21.9. The summed E-state index contributed by atoms with van der Waals surface area (Å²) in [4.78, 5) is 17.9. The van der Waals surface area contributed by atoms with Crippen molar-refractivity contribution in [2.24, 2.45) is 0 Å². The van der Waals surface area contributed by atoms with E-state index in [1.165, 1.54) is 5.56 Å². The summed E-state index contributed by atoms with van der Waals surface area (Å²) < 4.78 is 16.0. The molecule has 0 aliphatic carbocycles. The quantitative estimate of drug-likeness (QED) is 0.638. The fourth-order valence-corrected chi connectivity index (χ4v) is 4.26. The number of anilines is 1. The Hall–Kier alpha value is -3.36. The van der Waals surface area contributed by atoms with Crippen LogP contribution in [0.4, 0.5) is 5.82 Å². The average Bonchev–Trinajstić information content (AvgIpc) is 3.44. The van der Waals surface area contributed by atoms with E-state index in [2.05, 4.69) is 32.4 Å². The molecule has 2 aromatic carbocycles. The summed E-state index contributed by atoms with van der Waals surface area (Å²) in [5, 5.41) is 6.82. The number of piperazine rings is 1. The number of hydrogen-bond acceptors (Lipinski definition) is 7. The van der Waals surface area contributed by atoms with E-state index in [0.717, 1.165) is 49.8 Å². The van der Waals surface area contributed by atoms with Gasteiger partial charge in [0.2, 0.25) is 12.7 Å². The minimum Gasteiger partial charge on any atom is -0.454 e. The van der Waals surface area contributed by atoms with E-state index in [-0.39, 0.29) is 18.7 Å². The number of rotatable bonds is 6. The van der Waals surface area contributed by atoms with Gasteiger partial charge in [-0.25, -0.2) is 0 Å². The van der Waals surface area contributed by atoms with E-state index >= 15 is 0 Å². The molecule has 3 aromatic rings. The number of hydrogen-bond donors (Lipinski definition) is 1. The van der Waals surface area contributed by atoms with Crippen LogP contribution in [0.3, 0.4) is 0 Å². The molecule has 0 bridgehead atoms. The van der Waals surface area contributed by atoms with E-state index < -0.39 is 0 Å². The lowest BCUT2D eigenvalue weighted by Gasteiger charge is -2.38. The number of aromatic nitrogens is 1. The van der Waals surface area contributed by atoms with Crippen LogP contribution in [0.25, 0.3) is 0 Å². The number of benzene rings is 2. The zero-order valence-corrected chi connectivity index (χ0v) is 18.0. The van der Waals surface area contributed by atoms with Crippen molar-refractivity contribution in [2.45, 2.75) is 19.5 Å². The Morgan fingerprint density at radius 1 is 1.03 bits per heavy atom. The van der Waals surface area contributed by atoms with Gasteiger partial charge in [0.15, 0.2) is 17.3 Å². The summed E-state index contributed by atoms with van der Waals surface area (Å²) >= 11 is 0. The Morgan fingerprint density at radius 3 is 2.56 bits per heavy atom. The second kappa shape index (κ2) is 9.02. The molecule has 32 heavy (non-hydrogen) atoms. The molecule has 1 fully saturated rings. The van der Waals surface area contributed by atoms with Gasteiger partial charge in [0.05, 0.1) is 0 Å². The van der Waals surface area contributed by atoms with Crippen molar-refractivity contribution in [3.05, 3.63) is 71.5 Å². The third-order valence-electron chi connectivity index (χ3n) is 5.86. The van der Waals surface area contributed by atoms with E-state index in [1.54, 1.807) is 13.0 Å². The van der Waals surface area contributed by atoms with Gasteiger partial charge in [0.1, 0.15) is 11.8 Å². The molecule has 1 saturated heterocycles. The first-order chi connectivity index (χ1) is 15.7. The summed E-state index contributed by atoms with van der Waals surface area (Å²) in [6.07, 6.45) is 0. The number of aryl methyl sites for hydroxylation is 1. The first-order valence-electron chi connectivity index (χ1n) is 10.8. The molecule has 0 radical (unpaired) electrons. The molecule has 0 saturated carbocycles. The SMILES string of the molecule is Cc1cc(NC(=O)C(c2ccccc2)N2CCN(Cc3ccc4c(c3)OCO4)CC2)no1. The summed E-state index contributed by atoms with van der Waals surface area (Å²) in [6, 6.07) is 17.3. The Labute approximate surface area is 186 Å². The standard InChI is InChI=1S/C24H26N4O4/c1-17-13-22(26-32-17)25-24(29)23(19-5-3-2-4-6-19)28-11-9-27(10-12-28)15-18-7-8-20-21(14-18)31-16-30-20/h2-8,13-14,23H,9-12,15-16H2,1H3,(H,25,26,29). The van der Waals surface area contributed by atoms with Crippen LogP contribution in [-0.4, -0.2) is 53.8 Å². The molecule has 2 aliphatic rings. The molecule has 1 aromatic heterocycles. The number of ether oxygens (including phenoxy) is 2. The van der Waals surface area contributed by atoms with Crippen molar-refractivity contribution < 1.29 is 18.8 Å². The molecule has 8 heteroatoms. The Bertz CT molecular complexity index is 1080. The molecule has 1 N–H and O–H groups in total. The van der Waals surface area contributed by atoms with Gasteiger partial charge in [-0.2, -0.15) is 0 Å². The number of fused-ring (bicyclic) bond motifs is 1. The van der Waals surface area contributed by atoms with Gasteiger partial charge in [-0.15, -0.1) is 0 Å². The summed E-state index contributed by atoms with van der Waals surface area (Å²) in [6.45, 7) is 6.24. The molecular weight excluding hydrogens is 408 g/mol. The molecule has 166 valence electrons. The van der Waals surface area contributed by atoms with Crippen molar-refractivity contribution in [2.75, 3.05) is 38.3 Å².